The number of rotatable bonds is 4. The second-order valence-corrected chi connectivity index (χ2v) is 9.09. The molecule has 29 heavy (non-hydrogen) atoms. The summed E-state index contributed by atoms with van der Waals surface area (Å²) in [4.78, 5) is 38.8. The molecule has 2 heterocycles. The van der Waals surface area contributed by atoms with E-state index >= 15 is 0 Å². The molecule has 0 aliphatic carbocycles. The first kappa shape index (κ1) is 19.1. The number of nitrogens with one attached hydrogen (secondary N) is 1. The van der Waals surface area contributed by atoms with Crippen LogP contribution in [0.3, 0.4) is 0 Å². The molecule has 2 aliphatic heterocycles. The highest BCUT2D eigenvalue weighted by Crippen LogP contribution is 2.31. The number of carbonyl (C=O) groups is 3. The number of hydrogen-bond acceptors (Lipinski definition) is 5. The largest absolute Gasteiger partial charge is 0.325 e. The van der Waals surface area contributed by atoms with Crippen LogP contribution in [0.1, 0.15) is 28.4 Å². The van der Waals surface area contributed by atoms with Crippen molar-refractivity contribution in [2.24, 2.45) is 0 Å². The molecule has 1 N–H and O–H groups in total. The Balaban J connectivity index is 1.55. The normalized spacial score (nSPS) is 22.8. The lowest BCUT2D eigenvalue weighted by atomic mass is 9.91. The minimum Gasteiger partial charge on any atom is -0.319 e. The first-order valence-corrected chi connectivity index (χ1v) is 10.5. The lowest BCUT2D eigenvalue weighted by Crippen LogP contribution is -2.43. The summed E-state index contributed by atoms with van der Waals surface area (Å²) >= 11 is 0. The Labute approximate surface area is 168 Å². The van der Waals surface area contributed by atoms with Crippen molar-refractivity contribution in [3.63, 3.8) is 0 Å². The van der Waals surface area contributed by atoms with Crippen molar-refractivity contribution in [3.05, 3.63) is 65.2 Å². The number of fused-ring (bicyclic) bond motifs is 1. The Morgan fingerprint density at radius 2 is 1.62 bits per heavy atom. The quantitative estimate of drug-likeness (QED) is 0.767. The Morgan fingerprint density at radius 1 is 0.966 bits per heavy atom. The molecule has 0 bridgehead atoms. The molecule has 8 nitrogen and oxygen atoms in total. The van der Waals surface area contributed by atoms with Crippen LogP contribution in [-0.4, -0.2) is 48.6 Å². The van der Waals surface area contributed by atoms with E-state index in [-0.39, 0.29) is 23.5 Å². The Morgan fingerprint density at radius 3 is 2.28 bits per heavy atom. The van der Waals surface area contributed by atoms with Crippen molar-refractivity contribution in [1.82, 2.24) is 14.5 Å². The highest BCUT2D eigenvalue weighted by Gasteiger charge is 2.49. The first-order chi connectivity index (χ1) is 13.7. The molecule has 0 aromatic heterocycles. The predicted molar refractivity (Wildman–Crippen MR) is 103 cm³/mol. The summed E-state index contributed by atoms with van der Waals surface area (Å²) in [5.74, 6) is -1.15. The van der Waals surface area contributed by atoms with Crippen molar-refractivity contribution >= 4 is 27.9 Å². The SMILES string of the molecule is Cc1ccc([C@]2(C)NC(=O)N(CCN3C(=O)c4ccccc4S3(=O)=O)C2=O)cc1. The zero-order chi connectivity index (χ0) is 21.0. The molecular weight excluding hydrogens is 394 g/mol. The van der Waals surface area contributed by atoms with Gasteiger partial charge in [-0.1, -0.05) is 42.0 Å². The number of hydrogen-bond donors (Lipinski definition) is 1. The molecule has 0 saturated carbocycles. The highest BCUT2D eigenvalue weighted by molar-refractivity contribution is 7.90. The van der Waals surface area contributed by atoms with E-state index in [0.29, 0.717) is 9.87 Å². The van der Waals surface area contributed by atoms with E-state index in [2.05, 4.69) is 5.32 Å². The molecule has 0 radical (unpaired) electrons. The fourth-order valence-corrected chi connectivity index (χ4v) is 5.19. The van der Waals surface area contributed by atoms with Gasteiger partial charge in [0.05, 0.1) is 12.1 Å². The summed E-state index contributed by atoms with van der Waals surface area (Å²) in [6.07, 6.45) is 0. The average Bonchev–Trinajstić information content (AvgIpc) is 3.02. The van der Waals surface area contributed by atoms with Crippen LogP contribution in [0.4, 0.5) is 4.79 Å². The van der Waals surface area contributed by atoms with Crippen molar-refractivity contribution in [2.75, 3.05) is 13.1 Å². The van der Waals surface area contributed by atoms with E-state index in [1.54, 1.807) is 25.1 Å². The van der Waals surface area contributed by atoms with Crippen LogP contribution in [0.5, 0.6) is 0 Å². The molecule has 2 aromatic rings. The second-order valence-electron chi connectivity index (χ2n) is 7.26. The summed E-state index contributed by atoms with van der Waals surface area (Å²) in [6, 6.07) is 12.5. The third-order valence-corrected chi connectivity index (χ3v) is 7.18. The highest BCUT2D eigenvalue weighted by atomic mass is 32.2. The molecule has 9 heteroatoms. The maximum Gasteiger partial charge on any atom is 0.325 e. The molecule has 0 unspecified atom stereocenters. The van der Waals surface area contributed by atoms with Gasteiger partial charge >= 0.3 is 6.03 Å². The third kappa shape index (κ3) is 2.80. The smallest absolute Gasteiger partial charge is 0.319 e. The van der Waals surface area contributed by atoms with Crippen LogP contribution in [0.2, 0.25) is 0 Å². The minimum absolute atomic E-state index is 0.0632. The van der Waals surface area contributed by atoms with Crippen molar-refractivity contribution in [2.45, 2.75) is 24.3 Å². The van der Waals surface area contributed by atoms with Gasteiger partial charge in [-0.3, -0.25) is 14.5 Å². The monoisotopic (exact) mass is 413 g/mol. The van der Waals surface area contributed by atoms with Crippen molar-refractivity contribution < 1.29 is 22.8 Å². The number of nitrogens with zero attached hydrogens (tertiary/aromatic N) is 2. The van der Waals surface area contributed by atoms with Crippen LogP contribution in [0.25, 0.3) is 0 Å². The molecule has 1 saturated heterocycles. The topological polar surface area (TPSA) is 104 Å². The van der Waals surface area contributed by atoms with Crippen molar-refractivity contribution in [1.29, 1.82) is 0 Å². The molecule has 1 fully saturated rings. The molecule has 1 atom stereocenters. The second kappa shape index (κ2) is 6.41. The average molecular weight is 413 g/mol. The van der Waals surface area contributed by atoms with Crippen LogP contribution in [0.15, 0.2) is 53.4 Å². The van der Waals surface area contributed by atoms with E-state index in [4.69, 9.17) is 0 Å². The number of benzene rings is 2. The van der Waals surface area contributed by atoms with Crippen LogP contribution in [-0.2, 0) is 20.4 Å². The Hall–Kier alpha value is -3.20. The van der Waals surface area contributed by atoms with Gasteiger partial charge in [0, 0.05) is 6.54 Å². The molecular formula is C20H19N3O5S. The summed E-state index contributed by atoms with van der Waals surface area (Å²) in [5.41, 5.74) is 0.487. The van der Waals surface area contributed by atoms with Gasteiger partial charge in [0.15, 0.2) is 0 Å². The Bertz CT molecular complexity index is 1140. The van der Waals surface area contributed by atoms with E-state index in [0.717, 1.165) is 10.5 Å². The maximum absolute atomic E-state index is 13.0. The minimum atomic E-state index is -3.99. The fourth-order valence-electron chi connectivity index (χ4n) is 3.63. The number of sulfonamides is 1. The van der Waals surface area contributed by atoms with Gasteiger partial charge in [0.25, 0.3) is 21.8 Å². The fraction of sp³-hybridized carbons (Fsp3) is 0.250. The molecule has 150 valence electrons. The number of urea groups is 1. The number of imide groups is 1. The lowest BCUT2D eigenvalue weighted by molar-refractivity contribution is -0.131. The van der Waals surface area contributed by atoms with Gasteiger partial charge in [-0.2, -0.15) is 0 Å². The maximum atomic E-state index is 13.0. The Kier molecular flexibility index (Phi) is 4.23. The van der Waals surface area contributed by atoms with E-state index < -0.39 is 33.4 Å². The molecule has 4 amide bonds. The van der Waals surface area contributed by atoms with E-state index in [9.17, 15) is 22.8 Å². The van der Waals surface area contributed by atoms with Crippen LogP contribution in [0, 0.1) is 6.92 Å². The third-order valence-electron chi connectivity index (χ3n) is 5.34. The van der Waals surface area contributed by atoms with Crippen LogP contribution < -0.4 is 5.32 Å². The standard InChI is InChI=1S/C20H19N3O5S/c1-13-7-9-14(10-8-13)20(2)18(25)22(19(26)21-20)11-12-23-17(24)15-5-3-4-6-16(15)29(23,27)28/h3-10H,11-12H2,1-2H3,(H,21,26)/t20-/m0/s1. The van der Waals surface area contributed by atoms with Gasteiger partial charge in [-0.05, 0) is 31.5 Å². The van der Waals surface area contributed by atoms with Gasteiger partial charge in [0.2, 0.25) is 0 Å². The summed E-state index contributed by atoms with van der Waals surface area (Å²) in [5, 5.41) is 2.67. The molecule has 2 aromatic carbocycles. The number of amides is 4. The zero-order valence-corrected chi connectivity index (χ0v) is 16.7. The zero-order valence-electron chi connectivity index (χ0n) is 15.9. The molecule has 4 rings (SSSR count). The van der Waals surface area contributed by atoms with Crippen molar-refractivity contribution in [3.8, 4) is 0 Å². The number of aryl methyl sites for hydroxylation is 1. The number of carbonyl (C=O) groups excluding carboxylic acids is 3. The predicted octanol–water partition coefficient (Wildman–Crippen LogP) is 1.61. The van der Waals surface area contributed by atoms with Gasteiger partial charge in [0.1, 0.15) is 10.4 Å². The first-order valence-electron chi connectivity index (χ1n) is 9.03. The summed E-state index contributed by atoms with van der Waals surface area (Å²) < 4.78 is 26.0. The summed E-state index contributed by atoms with van der Waals surface area (Å²) in [7, 11) is -3.99. The van der Waals surface area contributed by atoms with Gasteiger partial charge in [-0.25, -0.2) is 17.5 Å². The van der Waals surface area contributed by atoms with Gasteiger partial charge in [-0.15, -0.1) is 0 Å². The van der Waals surface area contributed by atoms with Gasteiger partial charge < -0.3 is 5.32 Å². The summed E-state index contributed by atoms with van der Waals surface area (Å²) in [6.45, 7) is 2.98. The van der Waals surface area contributed by atoms with E-state index in [1.807, 2.05) is 19.1 Å². The molecule has 0 spiro atoms. The lowest BCUT2D eigenvalue weighted by Gasteiger charge is -2.23. The van der Waals surface area contributed by atoms with Crippen LogP contribution >= 0.6 is 0 Å². The van der Waals surface area contributed by atoms with E-state index in [1.165, 1.54) is 18.2 Å². The molecule has 2 aliphatic rings.